The number of benzene rings is 1. The largest absolute Gasteiger partial charge is 0.493 e. The minimum Gasteiger partial charge on any atom is -0.493 e. The summed E-state index contributed by atoms with van der Waals surface area (Å²) in [7, 11) is 4.34. The van der Waals surface area contributed by atoms with Crippen LogP contribution in [0.15, 0.2) is 29.2 Å². The third-order valence-corrected chi connectivity index (χ3v) is 3.39. The van der Waals surface area contributed by atoms with Gasteiger partial charge in [-0.25, -0.2) is 4.79 Å². The van der Waals surface area contributed by atoms with Gasteiger partial charge >= 0.3 is 5.97 Å². The van der Waals surface area contributed by atoms with Crippen LogP contribution in [-0.4, -0.2) is 31.9 Å². The number of esters is 1. The van der Waals surface area contributed by atoms with E-state index >= 15 is 0 Å². The Kier molecular flexibility index (Phi) is 4.16. The Morgan fingerprint density at radius 2 is 1.76 bits per heavy atom. The third kappa shape index (κ3) is 2.56. The number of pyridine rings is 1. The lowest BCUT2D eigenvalue weighted by Gasteiger charge is -2.18. The Balaban J connectivity index is 2.77. The van der Waals surface area contributed by atoms with Gasteiger partial charge in [-0.05, 0) is 13.0 Å². The molecule has 0 saturated carbocycles. The highest BCUT2D eigenvalue weighted by Crippen LogP contribution is 2.31. The second-order valence-electron chi connectivity index (χ2n) is 4.51. The van der Waals surface area contributed by atoms with Gasteiger partial charge in [-0.15, -0.1) is 0 Å². The van der Waals surface area contributed by atoms with Gasteiger partial charge in [0.1, 0.15) is 6.04 Å². The molecule has 2 rings (SSSR count). The molecule has 0 amide bonds. The number of hydrogen-bond acceptors (Lipinski definition) is 5. The number of methoxy groups -OCH3 is 3. The van der Waals surface area contributed by atoms with Crippen LogP contribution in [0.5, 0.6) is 11.5 Å². The van der Waals surface area contributed by atoms with Crippen molar-refractivity contribution < 1.29 is 19.0 Å². The lowest BCUT2D eigenvalue weighted by Crippen LogP contribution is -2.20. The molecule has 2 aromatic rings. The molecule has 1 aromatic heterocycles. The smallest absolute Gasteiger partial charge is 0.328 e. The summed E-state index contributed by atoms with van der Waals surface area (Å²) in [5.74, 6) is 0.557. The molecule has 0 fully saturated rings. The average molecular weight is 291 g/mol. The molecule has 0 aliphatic rings. The van der Waals surface area contributed by atoms with Gasteiger partial charge in [-0.1, -0.05) is 0 Å². The summed E-state index contributed by atoms with van der Waals surface area (Å²) in [6.07, 6.45) is 1.57. The molecule has 1 heterocycles. The standard InChI is InChI=1S/C15H17NO5/c1-9(15(18)21-4)16-6-5-12(17)10-7-13(19-2)14(20-3)8-11(10)16/h5-9H,1-4H3/t9-/m0/s1. The molecule has 0 spiro atoms. The highest BCUT2D eigenvalue weighted by atomic mass is 16.5. The van der Waals surface area contributed by atoms with Gasteiger partial charge in [0.05, 0.1) is 26.8 Å². The Morgan fingerprint density at radius 3 is 2.33 bits per heavy atom. The molecule has 6 nitrogen and oxygen atoms in total. The monoisotopic (exact) mass is 291 g/mol. The van der Waals surface area contributed by atoms with Crippen LogP contribution < -0.4 is 14.9 Å². The van der Waals surface area contributed by atoms with Gasteiger partial charge in [0.25, 0.3) is 0 Å². The summed E-state index contributed by atoms with van der Waals surface area (Å²) in [6.45, 7) is 1.70. The molecule has 1 aromatic carbocycles. The minimum absolute atomic E-state index is 0.153. The summed E-state index contributed by atoms with van der Waals surface area (Å²) in [5.41, 5.74) is 0.428. The van der Waals surface area contributed by atoms with E-state index in [0.29, 0.717) is 22.4 Å². The minimum atomic E-state index is -0.559. The predicted molar refractivity (Wildman–Crippen MR) is 78.0 cm³/mol. The van der Waals surface area contributed by atoms with Crippen LogP contribution >= 0.6 is 0 Å². The number of fused-ring (bicyclic) bond motifs is 1. The van der Waals surface area contributed by atoms with E-state index in [2.05, 4.69) is 0 Å². The van der Waals surface area contributed by atoms with E-state index in [9.17, 15) is 9.59 Å². The van der Waals surface area contributed by atoms with Crippen molar-refractivity contribution in [2.75, 3.05) is 21.3 Å². The molecule has 0 saturated heterocycles. The quantitative estimate of drug-likeness (QED) is 0.803. The number of rotatable bonds is 4. The molecule has 0 N–H and O–H groups in total. The summed E-state index contributed by atoms with van der Waals surface area (Å²) in [6, 6.07) is 4.14. The van der Waals surface area contributed by atoms with E-state index in [0.717, 1.165) is 0 Å². The first kappa shape index (κ1) is 14.9. The normalized spacial score (nSPS) is 12.0. The van der Waals surface area contributed by atoms with Crippen LogP contribution in [0.2, 0.25) is 0 Å². The second kappa shape index (κ2) is 5.87. The van der Waals surface area contributed by atoms with Crippen LogP contribution in [0, 0.1) is 0 Å². The SMILES string of the molecule is COC(=O)[C@H](C)n1ccc(=O)c2cc(OC)c(OC)cc21. The first-order valence-electron chi connectivity index (χ1n) is 6.38. The number of ether oxygens (including phenoxy) is 3. The van der Waals surface area contributed by atoms with Crippen molar-refractivity contribution in [3.63, 3.8) is 0 Å². The number of nitrogens with zero attached hydrogens (tertiary/aromatic N) is 1. The van der Waals surface area contributed by atoms with Crippen LogP contribution in [0.1, 0.15) is 13.0 Å². The third-order valence-electron chi connectivity index (χ3n) is 3.39. The molecule has 1 atom stereocenters. The van der Waals surface area contributed by atoms with Crippen molar-refractivity contribution in [3.8, 4) is 11.5 Å². The van der Waals surface area contributed by atoms with Gasteiger partial charge < -0.3 is 18.8 Å². The Morgan fingerprint density at radius 1 is 1.14 bits per heavy atom. The van der Waals surface area contributed by atoms with Gasteiger partial charge in [0.15, 0.2) is 16.9 Å². The lowest BCUT2D eigenvalue weighted by atomic mass is 10.1. The maximum atomic E-state index is 12.0. The van der Waals surface area contributed by atoms with E-state index in [1.54, 1.807) is 29.8 Å². The Bertz CT molecular complexity index is 735. The van der Waals surface area contributed by atoms with Crippen molar-refractivity contribution in [1.82, 2.24) is 4.57 Å². The topological polar surface area (TPSA) is 66.8 Å². The molecule has 112 valence electrons. The fraction of sp³-hybridized carbons (Fsp3) is 0.333. The molecular weight excluding hydrogens is 274 g/mol. The number of aromatic nitrogens is 1. The van der Waals surface area contributed by atoms with E-state index in [1.165, 1.54) is 27.4 Å². The molecular formula is C15H17NO5. The first-order valence-corrected chi connectivity index (χ1v) is 6.38. The molecule has 21 heavy (non-hydrogen) atoms. The molecule has 0 bridgehead atoms. The molecule has 6 heteroatoms. The van der Waals surface area contributed by atoms with Crippen LogP contribution in [0.3, 0.4) is 0 Å². The number of hydrogen-bond donors (Lipinski definition) is 0. The lowest BCUT2D eigenvalue weighted by molar-refractivity contribution is -0.143. The Labute approximate surface area is 121 Å². The van der Waals surface area contributed by atoms with Gasteiger partial charge in [0, 0.05) is 23.7 Å². The van der Waals surface area contributed by atoms with Crippen LogP contribution in [0.25, 0.3) is 10.9 Å². The van der Waals surface area contributed by atoms with Crippen LogP contribution in [-0.2, 0) is 9.53 Å². The molecule has 0 radical (unpaired) electrons. The number of carbonyl (C=O) groups excluding carboxylic acids is 1. The highest BCUT2D eigenvalue weighted by Gasteiger charge is 2.18. The van der Waals surface area contributed by atoms with Crippen molar-refractivity contribution in [1.29, 1.82) is 0 Å². The zero-order chi connectivity index (χ0) is 15.6. The molecule has 0 unspecified atom stereocenters. The molecule has 0 aliphatic carbocycles. The molecule has 0 aliphatic heterocycles. The summed E-state index contributed by atoms with van der Waals surface area (Å²) >= 11 is 0. The van der Waals surface area contributed by atoms with Crippen molar-refractivity contribution in [2.45, 2.75) is 13.0 Å². The predicted octanol–water partition coefficient (Wildman–Crippen LogP) is 1.75. The maximum absolute atomic E-state index is 12.0. The van der Waals surface area contributed by atoms with E-state index in [1.807, 2.05) is 0 Å². The van der Waals surface area contributed by atoms with Crippen molar-refractivity contribution in [2.24, 2.45) is 0 Å². The van der Waals surface area contributed by atoms with E-state index < -0.39 is 12.0 Å². The van der Waals surface area contributed by atoms with Crippen molar-refractivity contribution >= 4 is 16.9 Å². The fourth-order valence-corrected chi connectivity index (χ4v) is 2.22. The Hall–Kier alpha value is -2.50. The van der Waals surface area contributed by atoms with E-state index in [4.69, 9.17) is 14.2 Å². The number of carbonyl (C=O) groups is 1. The zero-order valence-corrected chi connectivity index (χ0v) is 12.4. The maximum Gasteiger partial charge on any atom is 0.328 e. The first-order chi connectivity index (χ1) is 10.0. The summed E-state index contributed by atoms with van der Waals surface area (Å²) in [5, 5.41) is 0.450. The van der Waals surface area contributed by atoms with Crippen molar-refractivity contribution in [3.05, 3.63) is 34.6 Å². The van der Waals surface area contributed by atoms with E-state index in [-0.39, 0.29) is 5.43 Å². The van der Waals surface area contributed by atoms with Gasteiger partial charge in [-0.3, -0.25) is 4.79 Å². The van der Waals surface area contributed by atoms with Gasteiger partial charge in [-0.2, -0.15) is 0 Å². The summed E-state index contributed by atoms with van der Waals surface area (Å²) < 4.78 is 16.9. The average Bonchev–Trinajstić information content (AvgIpc) is 2.52. The summed E-state index contributed by atoms with van der Waals surface area (Å²) in [4.78, 5) is 23.8. The zero-order valence-electron chi connectivity index (χ0n) is 12.4. The highest BCUT2D eigenvalue weighted by molar-refractivity contribution is 5.85. The fourth-order valence-electron chi connectivity index (χ4n) is 2.22. The van der Waals surface area contributed by atoms with Crippen LogP contribution in [0.4, 0.5) is 0 Å². The second-order valence-corrected chi connectivity index (χ2v) is 4.51. The van der Waals surface area contributed by atoms with Gasteiger partial charge in [0.2, 0.25) is 0 Å².